The molecule has 0 aliphatic carbocycles. The zero-order valence-electron chi connectivity index (χ0n) is 13.5. The number of allylic oxidation sites excluding steroid dienone is 2. The van der Waals surface area contributed by atoms with Crippen molar-refractivity contribution in [1.82, 2.24) is 20.2 Å². The summed E-state index contributed by atoms with van der Waals surface area (Å²) < 4.78 is 4.47. The fraction of sp³-hybridized carbons (Fsp3) is 0.444. The number of nitrogens with one attached hydrogen (secondary N) is 2. The predicted octanol–water partition coefficient (Wildman–Crippen LogP) is 1.63. The minimum Gasteiger partial charge on any atom is -0.296 e. The first-order valence-electron chi connectivity index (χ1n) is 8.15. The van der Waals surface area contributed by atoms with E-state index in [4.69, 9.17) is 0 Å². The average Bonchev–Trinajstić information content (AvgIpc) is 2.97. The van der Waals surface area contributed by atoms with Crippen LogP contribution in [-0.2, 0) is 6.54 Å². The molecule has 0 spiro atoms. The van der Waals surface area contributed by atoms with Gasteiger partial charge in [-0.3, -0.25) is 10.2 Å². The lowest BCUT2D eigenvalue weighted by molar-refractivity contribution is 0.324. The molecule has 1 saturated heterocycles. The van der Waals surface area contributed by atoms with Crippen molar-refractivity contribution in [3.63, 3.8) is 0 Å². The molecule has 0 bridgehead atoms. The Hall–Kier alpha value is -2.03. The highest BCUT2D eigenvalue weighted by molar-refractivity contribution is 5.92. The number of guanidine groups is 1. The summed E-state index contributed by atoms with van der Waals surface area (Å²) in [6, 6.07) is 11.2. The lowest BCUT2D eigenvalue weighted by atomic mass is 10.2. The van der Waals surface area contributed by atoms with Gasteiger partial charge >= 0.3 is 5.96 Å². The molecule has 3 rings (SSSR count). The van der Waals surface area contributed by atoms with Crippen LogP contribution in [0.25, 0.3) is 0 Å². The minimum atomic E-state index is 0.472. The zero-order chi connectivity index (χ0) is 15.4. The van der Waals surface area contributed by atoms with Crippen molar-refractivity contribution in [2.45, 2.75) is 39.3 Å². The molecule has 0 unspecified atom stereocenters. The Kier molecular flexibility index (Phi) is 4.62. The molecule has 1 atom stereocenters. The van der Waals surface area contributed by atoms with Gasteiger partial charge in [-0.1, -0.05) is 37.3 Å². The monoisotopic (exact) mass is 297 g/mol. The van der Waals surface area contributed by atoms with E-state index in [2.05, 4.69) is 64.4 Å². The Bertz CT molecular complexity index is 611. The van der Waals surface area contributed by atoms with E-state index in [0.29, 0.717) is 6.04 Å². The SMILES string of the molecule is CCC1=C(C)C=[N+]=C(N[C@H]2CCN(Cc3ccccc3)C2)N1. The van der Waals surface area contributed by atoms with Crippen molar-refractivity contribution in [1.29, 1.82) is 0 Å². The lowest BCUT2D eigenvalue weighted by Crippen LogP contribution is -2.47. The Morgan fingerprint density at radius 1 is 1.32 bits per heavy atom. The minimum absolute atomic E-state index is 0.472. The van der Waals surface area contributed by atoms with E-state index < -0.39 is 0 Å². The first-order valence-corrected chi connectivity index (χ1v) is 8.15. The van der Waals surface area contributed by atoms with E-state index in [1.807, 2.05) is 6.21 Å². The van der Waals surface area contributed by atoms with Crippen molar-refractivity contribution in [2.24, 2.45) is 0 Å². The van der Waals surface area contributed by atoms with Crippen LogP contribution < -0.4 is 15.3 Å². The van der Waals surface area contributed by atoms with Gasteiger partial charge in [-0.05, 0) is 25.3 Å². The normalized spacial score (nSPS) is 21.7. The van der Waals surface area contributed by atoms with Gasteiger partial charge in [0.05, 0.1) is 11.7 Å². The van der Waals surface area contributed by atoms with Crippen LogP contribution in [0.1, 0.15) is 32.3 Å². The summed E-state index contributed by atoms with van der Waals surface area (Å²) in [5, 5.41) is 6.96. The second kappa shape index (κ2) is 6.82. The maximum Gasteiger partial charge on any atom is 0.443 e. The number of nitrogens with zero attached hydrogens (tertiary/aromatic N) is 2. The molecule has 4 heteroatoms. The highest BCUT2D eigenvalue weighted by Crippen LogP contribution is 2.13. The Morgan fingerprint density at radius 3 is 2.91 bits per heavy atom. The Balaban J connectivity index is 1.53. The predicted molar refractivity (Wildman–Crippen MR) is 92.6 cm³/mol. The molecule has 0 radical (unpaired) electrons. The number of benzene rings is 1. The highest BCUT2D eigenvalue weighted by atomic mass is 15.2. The number of hydrogen-bond donors (Lipinski definition) is 2. The van der Waals surface area contributed by atoms with E-state index in [0.717, 1.165) is 38.4 Å². The molecule has 1 aromatic carbocycles. The third kappa shape index (κ3) is 3.59. The third-order valence-corrected chi connectivity index (χ3v) is 4.35. The molecular formula is C18H25N4+. The van der Waals surface area contributed by atoms with Crippen LogP contribution in [0.4, 0.5) is 0 Å². The number of hydrogen-bond acceptors (Lipinski definition) is 3. The van der Waals surface area contributed by atoms with Crippen LogP contribution in [-0.4, -0.2) is 36.2 Å². The molecule has 0 saturated carbocycles. The van der Waals surface area contributed by atoms with Crippen molar-refractivity contribution in [2.75, 3.05) is 13.1 Å². The Labute approximate surface area is 132 Å². The summed E-state index contributed by atoms with van der Waals surface area (Å²) in [6.07, 6.45) is 4.12. The maximum absolute atomic E-state index is 4.47. The molecule has 4 nitrogen and oxygen atoms in total. The van der Waals surface area contributed by atoms with Gasteiger partial charge in [0.1, 0.15) is 0 Å². The van der Waals surface area contributed by atoms with Crippen molar-refractivity contribution >= 4 is 12.2 Å². The average molecular weight is 297 g/mol. The first kappa shape index (κ1) is 14.9. The largest absolute Gasteiger partial charge is 0.443 e. The van der Waals surface area contributed by atoms with E-state index in [1.165, 1.54) is 16.8 Å². The smallest absolute Gasteiger partial charge is 0.296 e. The second-order valence-electron chi connectivity index (χ2n) is 6.10. The quantitative estimate of drug-likeness (QED) is 0.830. The number of rotatable bonds is 4. The highest BCUT2D eigenvalue weighted by Gasteiger charge is 2.28. The topological polar surface area (TPSA) is 41.4 Å². The van der Waals surface area contributed by atoms with Gasteiger partial charge in [-0.25, -0.2) is 9.98 Å². The molecule has 2 aliphatic heterocycles. The van der Waals surface area contributed by atoms with Gasteiger partial charge in [0.2, 0.25) is 0 Å². The molecule has 116 valence electrons. The van der Waals surface area contributed by atoms with Crippen LogP contribution in [0.5, 0.6) is 0 Å². The molecule has 2 aliphatic rings. The van der Waals surface area contributed by atoms with Crippen molar-refractivity contribution in [3.8, 4) is 0 Å². The summed E-state index contributed by atoms with van der Waals surface area (Å²) in [5.74, 6) is 0.897. The van der Waals surface area contributed by atoms with Crippen molar-refractivity contribution < 1.29 is 0 Å². The number of likely N-dealkylation sites (tertiary alicyclic amines) is 1. The summed E-state index contributed by atoms with van der Waals surface area (Å²) in [5.41, 5.74) is 3.87. The summed E-state index contributed by atoms with van der Waals surface area (Å²) in [4.78, 5) is 2.50. The Morgan fingerprint density at radius 2 is 2.14 bits per heavy atom. The standard InChI is InChI=1S/C18H24N4/c1-3-17-14(2)11-19-18(21-17)20-16-9-10-22(13-16)12-15-7-5-4-6-8-15/h4-8,11,16H,3,9-10,12-13H2,1-2H3,(H,19,20,21)/p+1/t16-/m0/s1. The second-order valence-corrected chi connectivity index (χ2v) is 6.10. The van der Waals surface area contributed by atoms with Crippen LogP contribution >= 0.6 is 0 Å². The maximum atomic E-state index is 4.47. The van der Waals surface area contributed by atoms with Crippen LogP contribution in [0, 0.1) is 0 Å². The fourth-order valence-electron chi connectivity index (χ4n) is 3.08. The van der Waals surface area contributed by atoms with E-state index in [1.54, 1.807) is 0 Å². The molecule has 1 aromatic rings. The van der Waals surface area contributed by atoms with Crippen LogP contribution in [0.15, 0.2) is 41.6 Å². The first-order chi connectivity index (χ1) is 10.7. The van der Waals surface area contributed by atoms with Crippen LogP contribution in [0.2, 0.25) is 0 Å². The van der Waals surface area contributed by atoms with Gasteiger partial charge in [-0.2, -0.15) is 0 Å². The van der Waals surface area contributed by atoms with Gasteiger partial charge in [0.15, 0.2) is 6.21 Å². The van der Waals surface area contributed by atoms with E-state index >= 15 is 0 Å². The fourth-order valence-corrected chi connectivity index (χ4v) is 3.08. The van der Waals surface area contributed by atoms with E-state index in [-0.39, 0.29) is 0 Å². The molecule has 2 heterocycles. The van der Waals surface area contributed by atoms with Gasteiger partial charge in [0.25, 0.3) is 0 Å². The summed E-state index contributed by atoms with van der Waals surface area (Å²) in [6.45, 7) is 7.51. The van der Waals surface area contributed by atoms with Gasteiger partial charge in [0, 0.05) is 25.2 Å². The molecule has 22 heavy (non-hydrogen) atoms. The molecule has 2 N–H and O–H groups in total. The van der Waals surface area contributed by atoms with Gasteiger partial charge in [-0.15, -0.1) is 0 Å². The molecule has 0 amide bonds. The summed E-state index contributed by atoms with van der Waals surface area (Å²) >= 11 is 0. The van der Waals surface area contributed by atoms with E-state index in [9.17, 15) is 0 Å². The van der Waals surface area contributed by atoms with Crippen LogP contribution in [0.3, 0.4) is 0 Å². The summed E-state index contributed by atoms with van der Waals surface area (Å²) in [7, 11) is 0. The van der Waals surface area contributed by atoms with Gasteiger partial charge < -0.3 is 0 Å². The molecule has 1 fully saturated rings. The molecular weight excluding hydrogens is 272 g/mol. The zero-order valence-corrected chi connectivity index (χ0v) is 13.5. The lowest BCUT2D eigenvalue weighted by Gasteiger charge is -2.16. The molecule has 0 aromatic heterocycles. The van der Waals surface area contributed by atoms with Crippen molar-refractivity contribution in [3.05, 3.63) is 47.2 Å². The third-order valence-electron chi connectivity index (χ3n) is 4.35.